The molecule has 0 bridgehead atoms. The van der Waals surface area contributed by atoms with Gasteiger partial charge in [-0.15, -0.1) is 0 Å². The topological polar surface area (TPSA) is 90.9 Å². The number of amides is 1. The third-order valence-corrected chi connectivity index (χ3v) is 3.01. The van der Waals surface area contributed by atoms with Crippen molar-refractivity contribution in [2.75, 3.05) is 13.2 Å². The average molecular weight is 297 g/mol. The molecular formula is C14H19NO6. The van der Waals surface area contributed by atoms with E-state index in [0.717, 1.165) is 0 Å². The van der Waals surface area contributed by atoms with E-state index in [1.54, 1.807) is 6.92 Å². The van der Waals surface area contributed by atoms with Gasteiger partial charge in [-0.25, -0.2) is 14.4 Å². The SMILES string of the molecule is C=C(C)C(=O)OCC1(COC(=O)C(=C)C)OC(=O)NC1C. The summed E-state index contributed by atoms with van der Waals surface area (Å²) in [5, 5.41) is 2.52. The van der Waals surface area contributed by atoms with Crippen molar-refractivity contribution in [2.24, 2.45) is 0 Å². The van der Waals surface area contributed by atoms with Gasteiger partial charge in [0.25, 0.3) is 0 Å². The molecule has 1 amide bonds. The number of hydrogen-bond donors (Lipinski definition) is 1. The minimum absolute atomic E-state index is 0.217. The lowest BCUT2D eigenvalue weighted by Crippen LogP contribution is -2.50. The highest BCUT2D eigenvalue weighted by atomic mass is 16.6. The number of ether oxygens (including phenoxy) is 3. The predicted molar refractivity (Wildman–Crippen MR) is 73.4 cm³/mol. The van der Waals surface area contributed by atoms with E-state index in [2.05, 4.69) is 18.5 Å². The molecule has 1 heterocycles. The Balaban J connectivity index is 2.79. The second kappa shape index (κ2) is 6.43. The third-order valence-electron chi connectivity index (χ3n) is 3.01. The average Bonchev–Trinajstić information content (AvgIpc) is 2.67. The van der Waals surface area contributed by atoms with E-state index < -0.39 is 29.7 Å². The molecule has 1 atom stereocenters. The maximum absolute atomic E-state index is 11.5. The van der Waals surface area contributed by atoms with Crippen LogP contribution in [0.1, 0.15) is 20.8 Å². The summed E-state index contributed by atoms with van der Waals surface area (Å²) in [6, 6.07) is -0.499. The molecule has 1 aliphatic heterocycles. The number of esters is 2. The Morgan fingerprint density at radius 2 is 1.62 bits per heavy atom. The Morgan fingerprint density at radius 3 is 1.90 bits per heavy atom. The maximum atomic E-state index is 11.5. The van der Waals surface area contributed by atoms with Gasteiger partial charge in [-0.2, -0.15) is 0 Å². The summed E-state index contributed by atoms with van der Waals surface area (Å²) in [4.78, 5) is 34.3. The van der Waals surface area contributed by atoms with Crippen molar-refractivity contribution >= 4 is 18.0 Å². The molecule has 1 rings (SSSR count). The predicted octanol–water partition coefficient (Wildman–Crippen LogP) is 1.09. The van der Waals surface area contributed by atoms with Crippen LogP contribution in [0.5, 0.6) is 0 Å². The van der Waals surface area contributed by atoms with Crippen LogP contribution in [0.3, 0.4) is 0 Å². The summed E-state index contributed by atoms with van der Waals surface area (Å²) in [6.45, 7) is 11.1. The maximum Gasteiger partial charge on any atom is 0.408 e. The van der Waals surface area contributed by atoms with Crippen molar-refractivity contribution in [2.45, 2.75) is 32.4 Å². The van der Waals surface area contributed by atoms with Gasteiger partial charge in [0, 0.05) is 11.1 Å². The molecule has 1 saturated heterocycles. The van der Waals surface area contributed by atoms with Crippen LogP contribution in [0.2, 0.25) is 0 Å². The van der Waals surface area contributed by atoms with Crippen LogP contribution in [0.25, 0.3) is 0 Å². The number of cyclic esters (lactones) is 1. The third kappa shape index (κ3) is 4.08. The van der Waals surface area contributed by atoms with E-state index >= 15 is 0 Å². The minimum atomic E-state index is -1.27. The number of hydrogen-bond acceptors (Lipinski definition) is 6. The number of carbonyl (C=O) groups is 3. The van der Waals surface area contributed by atoms with Gasteiger partial charge in [-0.1, -0.05) is 13.2 Å². The van der Waals surface area contributed by atoms with Gasteiger partial charge in [0.2, 0.25) is 5.60 Å². The van der Waals surface area contributed by atoms with Gasteiger partial charge in [-0.3, -0.25) is 0 Å². The van der Waals surface area contributed by atoms with Crippen molar-refractivity contribution in [3.05, 3.63) is 24.3 Å². The first-order valence-corrected chi connectivity index (χ1v) is 6.33. The van der Waals surface area contributed by atoms with Crippen LogP contribution in [0.15, 0.2) is 24.3 Å². The fourth-order valence-electron chi connectivity index (χ4n) is 1.58. The second-order valence-corrected chi connectivity index (χ2v) is 5.03. The first-order valence-electron chi connectivity index (χ1n) is 6.33. The molecule has 1 fully saturated rings. The quantitative estimate of drug-likeness (QED) is 0.448. The monoisotopic (exact) mass is 297 g/mol. The minimum Gasteiger partial charge on any atom is -0.458 e. The molecule has 7 heteroatoms. The van der Waals surface area contributed by atoms with E-state index in [4.69, 9.17) is 14.2 Å². The highest BCUT2D eigenvalue weighted by Crippen LogP contribution is 2.24. The number of alkyl carbamates (subject to hydrolysis) is 1. The second-order valence-electron chi connectivity index (χ2n) is 5.03. The summed E-state index contributed by atoms with van der Waals surface area (Å²) < 4.78 is 15.2. The molecule has 0 aliphatic carbocycles. The summed E-state index contributed by atoms with van der Waals surface area (Å²) >= 11 is 0. The van der Waals surface area contributed by atoms with Crippen LogP contribution in [-0.2, 0) is 23.8 Å². The lowest BCUT2D eigenvalue weighted by atomic mass is 9.98. The fourth-order valence-corrected chi connectivity index (χ4v) is 1.58. The molecule has 7 nitrogen and oxygen atoms in total. The first kappa shape index (κ1) is 16.7. The molecule has 21 heavy (non-hydrogen) atoms. The zero-order chi connectivity index (χ0) is 16.2. The Kier molecular flexibility index (Phi) is 5.12. The Labute approximate surface area is 122 Å². The first-order chi connectivity index (χ1) is 9.68. The van der Waals surface area contributed by atoms with Crippen LogP contribution < -0.4 is 5.32 Å². The van der Waals surface area contributed by atoms with Gasteiger partial charge in [0.1, 0.15) is 13.2 Å². The van der Waals surface area contributed by atoms with Gasteiger partial charge in [0.05, 0.1) is 6.04 Å². The molecule has 1 N–H and O–H groups in total. The molecule has 0 saturated carbocycles. The smallest absolute Gasteiger partial charge is 0.408 e. The van der Waals surface area contributed by atoms with Gasteiger partial charge in [-0.05, 0) is 20.8 Å². The molecule has 116 valence electrons. The van der Waals surface area contributed by atoms with E-state index in [1.807, 2.05) is 0 Å². The highest BCUT2D eigenvalue weighted by molar-refractivity contribution is 5.87. The van der Waals surface area contributed by atoms with Gasteiger partial charge >= 0.3 is 18.0 Å². The number of rotatable bonds is 6. The summed E-state index contributed by atoms with van der Waals surface area (Å²) in [7, 11) is 0. The molecule has 0 aromatic carbocycles. The fraction of sp³-hybridized carbons (Fsp3) is 0.500. The normalized spacial score (nSPS) is 19.2. The summed E-state index contributed by atoms with van der Waals surface area (Å²) in [6.07, 6.45) is -0.666. The molecule has 0 radical (unpaired) electrons. The van der Waals surface area contributed by atoms with E-state index in [-0.39, 0.29) is 24.4 Å². The summed E-state index contributed by atoms with van der Waals surface area (Å²) in [5.41, 5.74) is -0.837. The van der Waals surface area contributed by atoms with Crippen LogP contribution in [-0.4, -0.2) is 42.9 Å². The van der Waals surface area contributed by atoms with E-state index in [9.17, 15) is 14.4 Å². The van der Waals surface area contributed by atoms with E-state index in [1.165, 1.54) is 13.8 Å². The van der Waals surface area contributed by atoms with E-state index in [0.29, 0.717) is 0 Å². The summed E-state index contributed by atoms with van der Waals surface area (Å²) in [5.74, 6) is -1.23. The largest absolute Gasteiger partial charge is 0.458 e. The Bertz CT molecular complexity index is 466. The molecular weight excluding hydrogens is 278 g/mol. The number of carbonyl (C=O) groups excluding carboxylic acids is 3. The van der Waals surface area contributed by atoms with Crippen molar-refractivity contribution < 1.29 is 28.6 Å². The molecule has 1 unspecified atom stereocenters. The van der Waals surface area contributed by atoms with Crippen LogP contribution in [0, 0.1) is 0 Å². The lowest BCUT2D eigenvalue weighted by Gasteiger charge is -2.29. The Hall–Kier alpha value is -2.31. The highest BCUT2D eigenvalue weighted by Gasteiger charge is 2.49. The standard InChI is InChI=1S/C14H19NO6/c1-8(2)11(16)19-6-14(7-20-12(17)9(3)4)10(5)15-13(18)21-14/h10H,1,3,6-7H2,2,4-5H3,(H,15,18). The molecule has 0 aromatic rings. The lowest BCUT2D eigenvalue weighted by molar-refractivity contribution is -0.156. The van der Waals surface area contributed by atoms with Gasteiger partial charge < -0.3 is 19.5 Å². The van der Waals surface area contributed by atoms with Crippen LogP contribution >= 0.6 is 0 Å². The molecule has 1 aliphatic rings. The zero-order valence-corrected chi connectivity index (χ0v) is 12.4. The van der Waals surface area contributed by atoms with Crippen molar-refractivity contribution in [1.29, 1.82) is 0 Å². The Morgan fingerprint density at radius 1 is 1.19 bits per heavy atom. The van der Waals surface area contributed by atoms with Crippen molar-refractivity contribution in [3.8, 4) is 0 Å². The van der Waals surface area contributed by atoms with Gasteiger partial charge in [0.15, 0.2) is 0 Å². The molecule has 0 spiro atoms. The molecule has 0 aromatic heterocycles. The zero-order valence-electron chi connectivity index (χ0n) is 12.4. The van der Waals surface area contributed by atoms with Crippen molar-refractivity contribution in [1.82, 2.24) is 5.32 Å². The van der Waals surface area contributed by atoms with Crippen molar-refractivity contribution in [3.63, 3.8) is 0 Å². The van der Waals surface area contributed by atoms with Crippen LogP contribution in [0.4, 0.5) is 4.79 Å². The number of nitrogens with one attached hydrogen (secondary N) is 1.